The number of rotatable bonds is 4. The van der Waals surface area contributed by atoms with Gasteiger partial charge in [-0.05, 0) is 28.5 Å². The molecule has 0 atom stereocenters. The second kappa shape index (κ2) is 6.49. The van der Waals surface area contributed by atoms with Crippen LogP contribution in [0.15, 0.2) is 71.6 Å². The highest BCUT2D eigenvalue weighted by atomic mass is 32.2. The van der Waals surface area contributed by atoms with Crippen molar-refractivity contribution in [1.29, 1.82) is 0 Å². The molecule has 0 fully saturated rings. The number of nitrogens with zero attached hydrogens (tertiary/aromatic N) is 1. The fourth-order valence-corrected chi connectivity index (χ4v) is 3.65. The number of fused-ring (bicyclic) bond motifs is 1. The van der Waals surface area contributed by atoms with Gasteiger partial charge in [0.25, 0.3) is 5.70 Å². The highest BCUT2D eigenvalue weighted by molar-refractivity contribution is 7.90. The van der Waals surface area contributed by atoms with E-state index in [0.717, 1.165) is 17.0 Å². The smallest absolute Gasteiger partial charge is 0.258 e. The van der Waals surface area contributed by atoms with Crippen LogP contribution < -0.4 is 0 Å². The number of hydrogen-bond donors (Lipinski definition) is 0. The van der Waals surface area contributed by atoms with Crippen molar-refractivity contribution in [3.63, 3.8) is 0 Å². The predicted octanol–water partition coefficient (Wildman–Crippen LogP) is 4.02. The van der Waals surface area contributed by atoms with Crippen LogP contribution in [0.5, 0.6) is 0 Å². The zero-order chi connectivity index (χ0) is 18.0. The lowest BCUT2D eigenvalue weighted by atomic mass is 10.0. The summed E-state index contributed by atoms with van der Waals surface area (Å²) in [5.74, 6) is 0. The Kier molecular flexibility index (Phi) is 4.37. The molecule has 0 bridgehead atoms. The van der Waals surface area contributed by atoms with Gasteiger partial charge in [-0.1, -0.05) is 54.6 Å². The lowest BCUT2D eigenvalue weighted by molar-refractivity contribution is -0.374. The number of nitro groups is 1. The van der Waals surface area contributed by atoms with Crippen molar-refractivity contribution in [2.75, 3.05) is 6.26 Å². The largest absolute Gasteiger partial charge is 0.278 e. The SMILES string of the molecule is CS(=O)(=O)c1ccccc1/C(=C\c1cccc2ccccc12)[N+](=O)[O-]. The van der Waals surface area contributed by atoms with Gasteiger partial charge < -0.3 is 0 Å². The Balaban J connectivity index is 2.28. The zero-order valence-electron chi connectivity index (χ0n) is 13.4. The number of hydrogen-bond acceptors (Lipinski definition) is 4. The molecule has 0 amide bonds. The third-order valence-electron chi connectivity index (χ3n) is 3.87. The zero-order valence-corrected chi connectivity index (χ0v) is 14.2. The van der Waals surface area contributed by atoms with E-state index in [4.69, 9.17) is 0 Å². The first-order chi connectivity index (χ1) is 11.9. The molecule has 0 saturated carbocycles. The van der Waals surface area contributed by atoms with Crippen LogP contribution in [0.2, 0.25) is 0 Å². The standard InChI is InChI=1S/C19H15NO4S/c1-25(23,24)19-12-5-4-11-17(19)18(20(21)22)13-15-9-6-8-14-7-2-3-10-16(14)15/h2-13H,1H3/b18-13+. The molecule has 25 heavy (non-hydrogen) atoms. The summed E-state index contributed by atoms with van der Waals surface area (Å²) in [5, 5.41) is 13.5. The summed E-state index contributed by atoms with van der Waals surface area (Å²) in [6.45, 7) is 0. The van der Waals surface area contributed by atoms with E-state index in [9.17, 15) is 18.5 Å². The summed E-state index contributed by atoms with van der Waals surface area (Å²) in [6.07, 6.45) is 2.47. The predicted molar refractivity (Wildman–Crippen MR) is 98.4 cm³/mol. The molecule has 0 aliphatic carbocycles. The molecule has 0 N–H and O–H groups in total. The number of sulfone groups is 1. The van der Waals surface area contributed by atoms with Crippen molar-refractivity contribution in [3.8, 4) is 0 Å². The maximum Gasteiger partial charge on any atom is 0.278 e. The van der Waals surface area contributed by atoms with Gasteiger partial charge in [0.1, 0.15) is 0 Å². The number of benzene rings is 3. The van der Waals surface area contributed by atoms with Crippen molar-refractivity contribution < 1.29 is 13.3 Å². The summed E-state index contributed by atoms with van der Waals surface area (Å²) < 4.78 is 24.0. The summed E-state index contributed by atoms with van der Waals surface area (Å²) in [6, 6.07) is 19.0. The van der Waals surface area contributed by atoms with Crippen molar-refractivity contribution in [2.24, 2.45) is 0 Å². The topological polar surface area (TPSA) is 77.3 Å². The van der Waals surface area contributed by atoms with E-state index in [1.54, 1.807) is 18.2 Å². The minimum Gasteiger partial charge on any atom is -0.258 e. The third-order valence-corrected chi connectivity index (χ3v) is 5.03. The third kappa shape index (κ3) is 3.44. The average molecular weight is 353 g/mol. The van der Waals surface area contributed by atoms with Gasteiger partial charge in [-0.25, -0.2) is 8.42 Å². The van der Waals surface area contributed by atoms with Gasteiger partial charge in [-0.2, -0.15) is 0 Å². The van der Waals surface area contributed by atoms with Crippen LogP contribution in [-0.2, 0) is 9.84 Å². The molecule has 6 heteroatoms. The van der Waals surface area contributed by atoms with Crippen LogP contribution >= 0.6 is 0 Å². The van der Waals surface area contributed by atoms with E-state index in [2.05, 4.69) is 0 Å². The van der Waals surface area contributed by atoms with Crippen molar-refractivity contribution in [1.82, 2.24) is 0 Å². The molecular formula is C19H15NO4S. The van der Waals surface area contributed by atoms with E-state index >= 15 is 0 Å². The van der Waals surface area contributed by atoms with Crippen molar-refractivity contribution >= 4 is 32.4 Å². The molecule has 0 aromatic heterocycles. The lowest BCUT2D eigenvalue weighted by Crippen LogP contribution is -2.06. The van der Waals surface area contributed by atoms with Gasteiger partial charge in [0, 0.05) is 12.3 Å². The quantitative estimate of drug-likeness (QED) is 0.403. The Morgan fingerprint density at radius 2 is 1.60 bits per heavy atom. The molecule has 0 aliphatic rings. The molecule has 0 saturated heterocycles. The van der Waals surface area contributed by atoms with E-state index in [0.29, 0.717) is 5.56 Å². The minimum absolute atomic E-state index is 0.0572. The summed E-state index contributed by atoms with van der Waals surface area (Å²) >= 11 is 0. The fourth-order valence-electron chi connectivity index (χ4n) is 2.75. The maximum atomic E-state index is 12.0. The van der Waals surface area contributed by atoms with Gasteiger partial charge in [0.2, 0.25) is 0 Å². The first kappa shape index (κ1) is 16.9. The Morgan fingerprint density at radius 3 is 2.32 bits per heavy atom. The molecule has 5 nitrogen and oxygen atoms in total. The summed E-state index contributed by atoms with van der Waals surface area (Å²) in [4.78, 5) is 11.1. The van der Waals surface area contributed by atoms with Gasteiger partial charge in [0.05, 0.1) is 15.4 Å². The second-order valence-corrected chi connectivity index (χ2v) is 7.61. The highest BCUT2D eigenvalue weighted by Gasteiger charge is 2.23. The molecular weight excluding hydrogens is 338 g/mol. The van der Waals surface area contributed by atoms with Crippen molar-refractivity contribution in [3.05, 3.63) is 88.0 Å². The van der Waals surface area contributed by atoms with Crippen LogP contribution in [0.25, 0.3) is 22.5 Å². The molecule has 0 heterocycles. The molecule has 0 aliphatic heterocycles. The van der Waals surface area contributed by atoms with Gasteiger partial charge >= 0.3 is 0 Å². The van der Waals surface area contributed by atoms with Crippen LogP contribution in [-0.4, -0.2) is 19.6 Å². The maximum absolute atomic E-state index is 12.0. The molecule has 3 aromatic rings. The Labute approximate surface area is 145 Å². The molecule has 3 aromatic carbocycles. The van der Waals surface area contributed by atoms with Gasteiger partial charge in [-0.3, -0.25) is 10.1 Å². The van der Waals surface area contributed by atoms with Crippen molar-refractivity contribution in [2.45, 2.75) is 4.90 Å². The van der Waals surface area contributed by atoms with E-state index in [1.807, 2.05) is 36.4 Å². The van der Waals surface area contributed by atoms with E-state index in [-0.39, 0.29) is 16.2 Å². The van der Waals surface area contributed by atoms with Gasteiger partial charge in [-0.15, -0.1) is 0 Å². The second-order valence-electron chi connectivity index (χ2n) is 5.62. The Hall–Kier alpha value is -2.99. The highest BCUT2D eigenvalue weighted by Crippen LogP contribution is 2.28. The van der Waals surface area contributed by atoms with E-state index < -0.39 is 14.8 Å². The Morgan fingerprint density at radius 1 is 0.960 bits per heavy atom. The van der Waals surface area contributed by atoms with Gasteiger partial charge in [0.15, 0.2) is 9.84 Å². The summed E-state index contributed by atoms with van der Waals surface area (Å²) in [5.41, 5.74) is 0.494. The van der Waals surface area contributed by atoms with Crippen LogP contribution in [0.4, 0.5) is 0 Å². The summed E-state index contributed by atoms with van der Waals surface area (Å²) in [7, 11) is -3.59. The fraction of sp³-hybridized carbons (Fsp3) is 0.0526. The van der Waals surface area contributed by atoms with E-state index in [1.165, 1.54) is 18.2 Å². The average Bonchev–Trinajstić information content (AvgIpc) is 2.58. The molecule has 126 valence electrons. The first-order valence-electron chi connectivity index (χ1n) is 7.51. The normalized spacial score (nSPS) is 12.3. The first-order valence-corrected chi connectivity index (χ1v) is 9.40. The van der Waals surface area contributed by atoms with Crippen LogP contribution in [0, 0.1) is 10.1 Å². The molecule has 3 rings (SSSR count). The molecule has 0 spiro atoms. The molecule has 0 unspecified atom stereocenters. The minimum atomic E-state index is -3.59. The monoisotopic (exact) mass is 353 g/mol. The Bertz CT molecular complexity index is 1100. The van der Waals surface area contributed by atoms with Crippen LogP contribution in [0.1, 0.15) is 11.1 Å². The molecule has 0 radical (unpaired) electrons. The lowest BCUT2D eigenvalue weighted by Gasteiger charge is -2.07. The van der Waals surface area contributed by atoms with Crippen LogP contribution in [0.3, 0.4) is 0 Å².